The van der Waals surface area contributed by atoms with E-state index in [2.05, 4.69) is 15.9 Å². The van der Waals surface area contributed by atoms with Gasteiger partial charge in [0.15, 0.2) is 0 Å². The van der Waals surface area contributed by atoms with Crippen LogP contribution in [-0.2, 0) is 59.0 Å². The van der Waals surface area contributed by atoms with Crippen LogP contribution in [0.25, 0.3) is 0 Å². The molecular formula is C23H31N5NaO4S. The molecule has 9 nitrogen and oxygen atoms in total. The molecule has 2 aliphatic carbocycles. The molecule has 0 fully saturated rings. The first-order valence-electron chi connectivity index (χ1n) is 11.3. The third-order valence-electron chi connectivity index (χ3n) is 6.62. The number of fused-ring (bicyclic) bond motifs is 2. The van der Waals surface area contributed by atoms with Crippen molar-refractivity contribution in [3.05, 3.63) is 46.3 Å². The Morgan fingerprint density at radius 3 is 2.24 bits per heavy atom. The first kappa shape index (κ1) is 26.7. The van der Waals surface area contributed by atoms with Gasteiger partial charge in [-0.05, 0) is 66.3 Å². The minimum atomic E-state index is -4.19. The molecule has 2 aliphatic rings. The second-order valence-corrected chi connectivity index (χ2v) is 10.5. The normalized spacial score (nSPS) is 14.2. The number of hydrogen-bond acceptors (Lipinski definition) is 5. The smallest absolute Gasteiger partial charge is 0.326 e. The van der Waals surface area contributed by atoms with Crippen LogP contribution in [0.5, 0.6) is 0 Å². The molecule has 0 saturated carbocycles. The number of aryl methyl sites for hydroxylation is 3. The number of likely N-dealkylation sites (N-methyl/N-ethyl adjacent to an activating group) is 1. The van der Waals surface area contributed by atoms with Crippen LogP contribution < -0.4 is 9.03 Å². The van der Waals surface area contributed by atoms with Gasteiger partial charge >= 0.3 is 10.2 Å². The van der Waals surface area contributed by atoms with Gasteiger partial charge in [-0.15, -0.1) is 0 Å². The number of anilines is 1. The number of carbonyl (C=O) groups is 2. The van der Waals surface area contributed by atoms with Crippen LogP contribution in [0.2, 0.25) is 0 Å². The summed E-state index contributed by atoms with van der Waals surface area (Å²) in [7, 11) is -0.900. The molecule has 4 rings (SSSR count). The Morgan fingerprint density at radius 1 is 1.09 bits per heavy atom. The predicted molar refractivity (Wildman–Crippen MR) is 131 cm³/mol. The number of hydrogen-bond donors (Lipinski definition) is 1. The molecule has 0 unspecified atom stereocenters. The van der Waals surface area contributed by atoms with Gasteiger partial charge in [0.25, 0.3) is 0 Å². The molecule has 0 saturated heterocycles. The van der Waals surface area contributed by atoms with E-state index in [4.69, 9.17) is 0 Å². The van der Waals surface area contributed by atoms with Gasteiger partial charge in [-0.2, -0.15) is 13.5 Å². The topological polar surface area (TPSA) is 105 Å². The standard InChI is InChI=1S/C23H31N5O4S.Na/c1-16(29)26(2)10-11-28(19-14-24-27(3)15-19)33(31,32)25-23(30)13-22-20-8-4-6-17(20)12-18-7-5-9-21(18)22;/h12,14-15H,4-11,13H2,1-3H3,(H,25,30);. The minimum absolute atomic E-state index is 0. The Bertz CT molecular complexity index is 1160. The van der Waals surface area contributed by atoms with Crippen molar-refractivity contribution >= 4 is 57.3 Å². The molecular weight excluding hydrogens is 465 g/mol. The summed E-state index contributed by atoms with van der Waals surface area (Å²) in [6.45, 7) is 1.60. The molecule has 34 heavy (non-hydrogen) atoms. The van der Waals surface area contributed by atoms with Crippen molar-refractivity contribution in [2.45, 2.75) is 51.9 Å². The SMILES string of the molecule is CC(=O)N(C)CCN(c1cnn(C)c1)S(=O)(=O)NC(=O)Cc1c2c(cc3c1CCC3)CCC2.[Na]. The number of amides is 2. The third-order valence-corrected chi connectivity index (χ3v) is 8.08. The number of aromatic nitrogens is 2. The molecule has 0 atom stereocenters. The van der Waals surface area contributed by atoms with E-state index in [1.165, 1.54) is 45.0 Å². The summed E-state index contributed by atoms with van der Waals surface area (Å²) in [6, 6.07) is 2.29. The molecule has 1 aromatic heterocycles. The van der Waals surface area contributed by atoms with Crippen LogP contribution in [0.3, 0.4) is 0 Å². The third kappa shape index (κ3) is 5.67. The average molecular weight is 497 g/mol. The summed E-state index contributed by atoms with van der Waals surface area (Å²) in [6.07, 6.45) is 9.12. The minimum Gasteiger partial charge on any atom is -0.344 e. The van der Waals surface area contributed by atoms with Crippen LogP contribution in [0.1, 0.15) is 47.6 Å². The van der Waals surface area contributed by atoms with Crippen LogP contribution in [0.15, 0.2) is 18.5 Å². The van der Waals surface area contributed by atoms with Gasteiger partial charge in [0, 0.05) is 63.3 Å². The summed E-state index contributed by atoms with van der Waals surface area (Å²) in [5.74, 6) is -0.715. The number of nitrogens with zero attached hydrogens (tertiary/aromatic N) is 4. The first-order valence-corrected chi connectivity index (χ1v) is 12.8. The van der Waals surface area contributed by atoms with Gasteiger partial charge in [0.05, 0.1) is 24.8 Å². The zero-order valence-electron chi connectivity index (χ0n) is 20.4. The monoisotopic (exact) mass is 496 g/mol. The van der Waals surface area contributed by atoms with Crippen molar-refractivity contribution in [1.82, 2.24) is 19.4 Å². The Kier molecular flexibility index (Phi) is 8.49. The summed E-state index contributed by atoms with van der Waals surface area (Å²) in [5, 5.41) is 4.06. The summed E-state index contributed by atoms with van der Waals surface area (Å²) in [4.78, 5) is 26.0. The Labute approximate surface area is 223 Å². The fourth-order valence-corrected chi connectivity index (χ4v) is 6.03. The molecule has 0 aliphatic heterocycles. The van der Waals surface area contributed by atoms with Crippen LogP contribution in [-0.4, -0.2) is 84.6 Å². The molecule has 2 amide bonds. The molecule has 2 aromatic rings. The largest absolute Gasteiger partial charge is 0.344 e. The maximum Gasteiger partial charge on any atom is 0.326 e. The maximum atomic E-state index is 13.2. The van der Waals surface area contributed by atoms with Gasteiger partial charge in [0.2, 0.25) is 11.8 Å². The van der Waals surface area contributed by atoms with Crippen molar-refractivity contribution in [3.8, 4) is 0 Å². The Morgan fingerprint density at radius 2 is 1.71 bits per heavy atom. The van der Waals surface area contributed by atoms with Gasteiger partial charge in [-0.25, -0.2) is 9.03 Å². The van der Waals surface area contributed by atoms with E-state index in [1.807, 2.05) is 0 Å². The first-order chi connectivity index (χ1) is 15.7. The fourth-order valence-electron chi connectivity index (χ4n) is 4.87. The number of rotatable bonds is 8. The average Bonchev–Trinajstić information content (AvgIpc) is 3.48. The zero-order chi connectivity index (χ0) is 23.8. The second-order valence-electron chi connectivity index (χ2n) is 8.93. The number of carbonyl (C=O) groups excluding carboxylic acids is 2. The molecule has 0 spiro atoms. The van der Waals surface area contributed by atoms with E-state index in [1.54, 1.807) is 20.3 Å². The maximum absolute atomic E-state index is 13.2. The molecule has 11 heteroatoms. The second kappa shape index (κ2) is 10.8. The summed E-state index contributed by atoms with van der Waals surface area (Å²) in [5.41, 5.74) is 6.44. The van der Waals surface area contributed by atoms with Crippen molar-refractivity contribution in [1.29, 1.82) is 0 Å². The van der Waals surface area contributed by atoms with E-state index < -0.39 is 16.1 Å². The number of benzene rings is 1. The van der Waals surface area contributed by atoms with Crippen molar-refractivity contribution in [2.24, 2.45) is 7.05 Å². The molecule has 1 radical (unpaired) electrons. The van der Waals surface area contributed by atoms with E-state index in [0.717, 1.165) is 48.4 Å². The fraction of sp³-hybridized carbons (Fsp3) is 0.522. The van der Waals surface area contributed by atoms with E-state index >= 15 is 0 Å². The van der Waals surface area contributed by atoms with Gasteiger partial charge in [0.1, 0.15) is 0 Å². The summed E-state index contributed by atoms with van der Waals surface area (Å²) >= 11 is 0. The quantitative estimate of drug-likeness (QED) is 0.547. The number of nitrogens with one attached hydrogen (secondary N) is 1. The van der Waals surface area contributed by atoms with Gasteiger partial charge < -0.3 is 4.90 Å². The Balaban J connectivity index is 0.00000324. The molecule has 179 valence electrons. The predicted octanol–water partition coefficient (Wildman–Crippen LogP) is 0.905. The van der Waals surface area contributed by atoms with E-state index in [0.29, 0.717) is 5.69 Å². The van der Waals surface area contributed by atoms with Crippen LogP contribution >= 0.6 is 0 Å². The molecule has 1 heterocycles. The molecule has 1 N–H and O–H groups in total. The summed E-state index contributed by atoms with van der Waals surface area (Å²) < 4.78 is 31.3. The molecule has 1 aromatic carbocycles. The molecule has 0 bridgehead atoms. The van der Waals surface area contributed by atoms with Crippen LogP contribution in [0.4, 0.5) is 5.69 Å². The zero-order valence-corrected chi connectivity index (χ0v) is 23.2. The van der Waals surface area contributed by atoms with E-state index in [9.17, 15) is 18.0 Å². The van der Waals surface area contributed by atoms with Crippen LogP contribution in [0, 0.1) is 0 Å². The van der Waals surface area contributed by atoms with E-state index in [-0.39, 0.29) is 55.0 Å². The van der Waals surface area contributed by atoms with Gasteiger partial charge in [-0.1, -0.05) is 6.07 Å². The van der Waals surface area contributed by atoms with Gasteiger partial charge in [-0.3, -0.25) is 14.3 Å². The van der Waals surface area contributed by atoms with Crippen molar-refractivity contribution in [2.75, 3.05) is 24.4 Å². The Hall–Kier alpha value is -1.88. The van der Waals surface area contributed by atoms with Crippen molar-refractivity contribution < 1.29 is 18.0 Å². The van der Waals surface area contributed by atoms with Crippen molar-refractivity contribution in [3.63, 3.8) is 0 Å².